The molecule has 0 aromatic rings. The molecule has 6 N–H and O–H groups in total. The molecule has 1 rings (SSSR count). The van der Waals surface area contributed by atoms with Crippen LogP contribution in [-0.4, -0.2) is 88.4 Å². The average Bonchev–Trinajstić information content (AvgIpc) is 2.57. The number of rotatable bonds is 10. The standard InChI is InChI=1S/C18H36N2O7/c1-5-20-12(16(24)27-17(2,3)4)8-6-7-9-19-11-18(25)15(23)14(22)13(21)10-26-18/h12-15,19-23,25H,5-11H2,1-4H3. The Morgan fingerprint density at radius 1 is 1.30 bits per heavy atom. The van der Waals surface area contributed by atoms with Gasteiger partial charge >= 0.3 is 5.97 Å². The highest BCUT2D eigenvalue weighted by Gasteiger charge is 2.48. The molecule has 9 nitrogen and oxygen atoms in total. The first-order valence-corrected chi connectivity index (χ1v) is 9.57. The minimum absolute atomic E-state index is 0.0827. The summed E-state index contributed by atoms with van der Waals surface area (Å²) in [6.45, 7) is 8.29. The van der Waals surface area contributed by atoms with Crippen molar-refractivity contribution in [3.63, 3.8) is 0 Å². The number of unbranched alkanes of at least 4 members (excludes halogenated alkanes) is 1. The van der Waals surface area contributed by atoms with Crippen molar-refractivity contribution in [3.05, 3.63) is 0 Å². The third kappa shape index (κ3) is 7.98. The molecule has 0 bridgehead atoms. The maximum absolute atomic E-state index is 12.2. The van der Waals surface area contributed by atoms with Crippen molar-refractivity contribution in [2.45, 2.75) is 82.7 Å². The van der Waals surface area contributed by atoms with Crippen LogP contribution in [0.2, 0.25) is 0 Å². The molecule has 27 heavy (non-hydrogen) atoms. The second-order valence-corrected chi connectivity index (χ2v) is 7.97. The summed E-state index contributed by atoms with van der Waals surface area (Å²) >= 11 is 0. The van der Waals surface area contributed by atoms with Gasteiger partial charge in [0.15, 0.2) is 0 Å². The number of nitrogens with one attached hydrogen (secondary N) is 2. The van der Waals surface area contributed by atoms with E-state index in [1.165, 1.54) is 0 Å². The fraction of sp³-hybridized carbons (Fsp3) is 0.944. The third-order valence-corrected chi connectivity index (χ3v) is 4.30. The summed E-state index contributed by atoms with van der Waals surface area (Å²) in [6, 6.07) is -0.362. The van der Waals surface area contributed by atoms with Crippen molar-refractivity contribution in [1.82, 2.24) is 10.6 Å². The number of esters is 1. The minimum Gasteiger partial charge on any atom is -0.459 e. The second kappa shape index (κ2) is 10.7. The Balaban J connectivity index is 2.31. The number of likely N-dealkylation sites (N-methyl/N-ethyl adjacent to an activating group) is 1. The van der Waals surface area contributed by atoms with Crippen LogP contribution < -0.4 is 10.6 Å². The van der Waals surface area contributed by atoms with Gasteiger partial charge in [-0.3, -0.25) is 4.79 Å². The number of aliphatic hydroxyl groups excluding tert-OH is 3. The van der Waals surface area contributed by atoms with E-state index in [2.05, 4.69) is 10.6 Å². The summed E-state index contributed by atoms with van der Waals surface area (Å²) < 4.78 is 10.5. The van der Waals surface area contributed by atoms with E-state index in [1.54, 1.807) is 0 Å². The van der Waals surface area contributed by atoms with E-state index >= 15 is 0 Å². The summed E-state index contributed by atoms with van der Waals surface area (Å²) in [6.07, 6.45) is -2.16. The molecule has 0 aromatic carbocycles. The van der Waals surface area contributed by atoms with Gasteiger partial charge in [0.2, 0.25) is 5.79 Å². The van der Waals surface area contributed by atoms with Gasteiger partial charge < -0.3 is 40.5 Å². The number of hydrogen-bond acceptors (Lipinski definition) is 9. The van der Waals surface area contributed by atoms with Gasteiger partial charge in [-0.05, 0) is 46.7 Å². The molecule has 0 aliphatic carbocycles. The molecule has 0 radical (unpaired) electrons. The molecular formula is C18H36N2O7. The maximum Gasteiger partial charge on any atom is 0.323 e. The normalized spacial score (nSPS) is 30.1. The van der Waals surface area contributed by atoms with Crippen molar-refractivity contribution >= 4 is 5.97 Å². The summed E-state index contributed by atoms with van der Waals surface area (Å²) in [7, 11) is 0. The smallest absolute Gasteiger partial charge is 0.323 e. The Bertz CT molecular complexity index is 457. The number of carbonyl (C=O) groups is 1. The van der Waals surface area contributed by atoms with Gasteiger partial charge in [0.05, 0.1) is 13.2 Å². The van der Waals surface area contributed by atoms with Crippen molar-refractivity contribution in [2.75, 3.05) is 26.2 Å². The molecule has 0 spiro atoms. The van der Waals surface area contributed by atoms with Crippen LogP contribution in [0, 0.1) is 0 Å². The van der Waals surface area contributed by atoms with Crippen LogP contribution in [0.15, 0.2) is 0 Å². The van der Waals surface area contributed by atoms with E-state index in [0.29, 0.717) is 19.5 Å². The number of carbonyl (C=O) groups excluding carboxylic acids is 1. The molecule has 0 saturated carbocycles. The summed E-state index contributed by atoms with van der Waals surface area (Å²) in [5.41, 5.74) is -0.527. The van der Waals surface area contributed by atoms with E-state index in [9.17, 15) is 25.2 Å². The number of aliphatic hydroxyl groups is 4. The van der Waals surface area contributed by atoms with Gasteiger partial charge in [-0.25, -0.2) is 0 Å². The highest BCUT2D eigenvalue weighted by molar-refractivity contribution is 5.76. The van der Waals surface area contributed by atoms with Gasteiger partial charge in [0, 0.05) is 0 Å². The first-order chi connectivity index (χ1) is 12.5. The Labute approximate surface area is 161 Å². The van der Waals surface area contributed by atoms with Gasteiger partial charge in [0.25, 0.3) is 0 Å². The maximum atomic E-state index is 12.2. The molecule has 1 fully saturated rings. The lowest BCUT2D eigenvalue weighted by Crippen LogP contribution is -2.64. The average molecular weight is 392 g/mol. The molecule has 0 amide bonds. The Hall–Kier alpha value is -0.810. The first-order valence-electron chi connectivity index (χ1n) is 9.57. The van der Waals surface area contributed by atoms with Gasteiger partial charge in [-0.15, -0.1) is 0 Å². The van der Waals surface area contributed by atoms with Crippen molar-refractivity contribution in [3.8, 4) is 0 Å². The molecule has 9 heteroatoms. The van der Waals surface area contributed by atoms with Crippen LogP contribution in [0.4, 0.5) is 0 Å². The quantitative estimate of drug-likeness (QED) is 0.201. The number of ether oxygens (including phenoxy) is 2. The molecule has 1 aliphatic heterocycles. The molecule has 160 valence electrons. The predicted octanol–water partition coefficient (Wildman–Crippen LogP) is -1.13. The van der Waals surface area contributed by atoms with E-state index in [-0.39, 0.29) is 25.2 Å². The van der Waals surface area contributed by atoms with Crippen molar-refractivity contribution in [1.29, 1.82) is 0 Å². The van der Waals surface area contributed by atoms with Crippen LogP contribution >= 0.6 is 0 Å². The Morgan fingerprint density at radius 2 is 1.96 bits per heavy atom. The largest absolute Gasteiger partial charge is 0.459 e. The molecule has 5 unspecified atom stereocenters. The molecule has 1 aliphatic rings. The van der Waals surface area contributed by atoms with Gasteiger partial charge in [0.1, 0.15) is 30.0 Å². The lowest BCUT2D eigenvalue weighted by atomic mass is 9.97. The Morgan fingerprint density at radius 3 is 2.56 bits per heavy atom. The summed E-state index contributed by atoms with van der Waals surface area (Å²) in [4.78, 5) is 12.2. The first kappa shape index (κ1) is 24.2. The monoisotopic (exact) mass is 392 g/mol. The molecule has 0 aromatic heterocycles. The fourth-order valence-corrected chi connectivity index (χ4v) is 2.84. The summed E-state index contributed by atoms with van der Waals surface area (Å²) in [5, 5.41) is 45.3. The van der Waals surface area contributed by atoms with E-state index in [0.717, 1.165) is 12.8 Å². The topological polar surface area (TPSA) is 141 Å². The molecule has 1 heterocycles. The van der Waals surface area contributed by atoms with Crippen LogP contribution in [0.1, 0.15) is 47.0 Å². The highest BCUT2D eigenvalue weighted by Crippen LogP contribution is 2.23. The number of hydrogen-bond donors (Lipinski definition) is 6. The zero-order valence-electron chi connectivity index (χ0n) is 16.8. The lowest BCUT2D eigenvalue weighted by Gasteiger charge is -2.41. The third-order valence-electron chi connectivity index (χ3n) is 4.30. The fourth-order valence-electron chi connectivity index (χ4n) is 2.84. The SMILES string of the molecule is CCNC(CCCCNCC1(O)OCC(O)C(O)C1O)C(=O)OC(C)(C)C. The predicted molar refractivity (Wildman–Crippen MR) is 99.0 cm³/mol. The van der Waals surface area contributed by atoms with E-state index < -0.39 is 29.7 Å². The molecule has 1 saturated heterocycles. The summed E-state index contributed by atoms with van der Waals surface area (Å²) in [5.74, 6) is -2.21. The van der Waals surface area contributed by atoms with E-state index in [1.807, 2.05) is 27.7 Å². The molecular weight excluding hydrogens is 356 g/mol. The molecule has 5 atom stereocenters. The van der Waals surface area contributed by atoms with Crippen LogP contribution in [-0.2, 0) is 14.3 Å². The zero-order chi connectivity index (χ0) is 20.7. The van der Waals surface area contributed by atoms with Crippen LogP contribution in [0.25, 0.3) is 0 Å². The van der Waals surface area contributed by atoms with Crippen molar-refractivity contribution in [2.24, 2.45) is 0 Å². The second-order valence-electron chi connectivity index (χ2n) is 7.97. The van der Waals surface area contributed by atoms with Crippen LogP contribution in [0.5, 0.6) is 0 Å². The lowest BCUT2D eigenvalue weighted by molar-refractivity contribution is -0.317. The minimum atomic E-state index is -1.94. The highest BCUT2D eigenvalue weighted by atomic mass is 16.6. The zero-order valence-corrected chi connectivity index (χ0v) is 16.8. The van der Waals surface area contributed by atoms with Gasteiger partial charge in [-0.1, -0.05) is 13.3 Å². The Kier molecular flexibility index (Phi) is 9.56. The van der Waals surface area contributed by atoms with E-state index in [4.69, 9.17) is 9.47 Å². The van der Waals surface area contributed by atoms with Crippen molar-refractivity contribution < 1.29 is 34.7 Å². The van der Waals surface area contributed by atoms with Gasteiger partial charge in [-0.2, -0.15) is 0 Å². The van der Waals surface area contributed by atoms with Crippen LogP contribution in [0.3, 0.4) is 0 Å².